The van der Waals surface area contributed by atoms with Crippen molar-refractivity contribution in [3.05, 3.63) is 0 Å². The van der Waals surface area contributed by atoms with Gasteiger partial charge in [-0.15, -0.1) is 0 Å². The molecule has 5 aliphatic carbocycles. The van der Waals surface area contributed by atoms with Crippen LogP contribution in [0.25, 0.3) is 0 Å². The van der Waals surface area contributed by atoms with Crippen molar-refractivity contribution in [3.8, 4) is 0 Å². The quantitative estimate of drug-likeness (QED) is 0.287. The van der Waals surface area contributed by atoms with Crippen LogP contribution in [0, 0.1) is 76.9 Å². The Hall–Kier alpha value is 0. The standard InChI is InChI=1S/C24H44.C15H28/c1-5-8-11-21-17(4)15-20-10-9-12-22(20)24(21)23-16-18(6-2)13-14-19(23)7-3;1-4-13-9-12(3)6-8-15(13)14-7-5-11(2)10-14/h17-24H,5-16H2,1-4H3;11-15H,4-10H2,1-3H3. The third-order valence-corrected chi connectivity index (χ3v) is 13.9. The van der Waals surface area contributed by atoms with E-state index in [1.807, 2.05) is 0 Å². The first-order chi connectivity index (χ1) is 18.9. The van der Waals surface area contributed by atoms with Crippen molar-refractivity contribution >= 4 is 0 Å². The van der Waals surface area contributed by atoms with Gasteiger partial charge in [0.1, 0.15) is 0 Å². The van der Waals surface area contributed by atoms with Gasteiger partial charge in [-0.25, -0.2) is 0 Å². The lowest BCUT2D eigenvalue weighted by Crippen LogP contribution is -2.45. The Balaban J connectivity index is 0.000000202. The van der Waals surface area contributed by atoms with Gasteiger partial charge in [-0.2, -0.15) is 0 Å². The molecule has 0 radical (unpaired) electrons. The van der Waals surface area contributed by atoms with Gasteiger partial charge in [0.15, 0.2) is 0 Å². The molecule has 13 atom stereocenters. The highest BCUT2D eigenvalue weighted by atomic mass is 14.5. The molecule has 0 amide bonds. The fourth-order valence-corrected chi connectivity index (χ4v) is 11.7. The average Bonchev–Trinajstić information content (AvgIpc) is 3.60. The zero-order valence-electron chi connectivity index (χ0n) is 27.9. The summed E-state index contributed by atoms with van der Waals surface area (Å²) in [6.07, 6.45) is 28.8. The van der Waals surface area contributed by atoms with Crippen molar-refractivity contribution in [2.24, 2.45) is 76.9 Å². The van der Waals surface area contributed by atoms with E-state index in [-0.39, 0.29) is 0 Å². The van der Waals surface area contributed by atoms with Gasteiger partial charge in [0.2, 0.25) is 0 Å². The molecular formula is C39H72. The van der Waals surface area contributed by atoms with Crippen molar-refractivity contribution in [2.75, 3.05) is 0 Å². The van der Waals surface area contributed by atoms with E-state index in [4.69, 9.17) is 0 Å². The SMILES string of the molecule is CCC1CC(C)CCC1C1CCC(C)C1.CCCCC1C(C)CC2CCCC2C1C1CC(CC)CCC1CC. The summed E-state index contributed by atoms with van der Waals surface area (Å²) in [4.78, 5) is 0. The maximum absolute atomic E-state index is 2.63. The van der Waals surface area contributed by atoms with Crippen molar-refractivity contribution < 1.29 is 0 Å². The lowest BCUT2D eigenvalue weighted by molar-refractivity contribution is -0.0297. The second-order valence-electron chi connectivity index (χ2n) is 16.3. The first-order valence-electron chi connectivity index (χ1n) is 18.9. The van der Waals surface area contributed by atoms with Crippen LogP contribution in [-0.2, 0) is 0 Å². The summed E-state index contributed by atoms with van der Waals surface area (Å²) in [6.45, 7) is 17.3. The molecule has 0 heterocycles. The average molecular weight is 541 g/mol. The van der Waals surface area contributed by atoms with Gasteiger partial charge in [0.25, 0.3) is 0 Å². The Morgan fingerprint density at radius 1 is 0.538 bits per heavy atom. The van der Waals surface area contributed by atoms with Crippen LogP contribution < -0.4 is 0 Å². The van der Waals surface area contributed by atoms with E-state index >= 15 is 0 Å². The molecule has 0 heteroatoms. The number of hydrogen-bond donors (Lipinski definition) is 0. The Kier molecular flexibility index (Phi) is 12.7. The Labute approximate surface area is 247 Å². The van der Waals surface area contributed by atoms with Crippen LogP contribution in [0.2, 0.25) is 0 Å². The third kappa shape index (κ3) is 7.89. The molecule has 0 bridgehead atoms. The molecule has 0 spiro atoms. The van der Waals surface area contributed by atoms with Crippen LogP contribution in [-0.4, -0.2) is 0 Å². The summed E-state index contributed by atoms with van der Waals surface area (Å²) < 4.78 is 0. The molecule has 5 rings (SSSR count). The summed E-state index contributed by atoms with van der Waals surface area (Å²) in [5.74, 6) is 13.8. The molecular weight excluding hydrogens is 468 g/mol. The number of rotatable bonds is 8. The van der Waals surface area contributed by atoms with Crippen LogP contribution in [0.5, 0.6) is 0 Å². The van der Waals surface area contributed by atoms with Crippen molar-refractivity contribution in [2.45, 2.75) is 170 Å². The number of fused-ring (bicyclic) bond motifs is 1. The molecule has 5 fully saturated rings. The topological polar surface area (TPSA) is 0 Å². The minimum atomic E-state index is 1.00. The van der Waals surface area contributed by atoms with Crippen LogP contribution in [0.3, 0.4) is 0 Å². The molecule has 5 saturated carbocycles. The summed E-state index contributed by atoms with van der Waals surface area (Å²) in [7, 11) is 0. The molecule has 0 nitrogen and oxygen atoms in total. The van der Waals surface area contributed by atoms with Crippen LogP contribution in [0.4, 0.5) is 0 Å². The van der Waals surface area contributed by atoms with Gasteiger partial charge in [0.05, 0.1) is 0 Å². The molecule has 5 aliphatic rings. The molecule has 39 heavy (non-hydrogen) atoms. The summed E-state index contributed by atoms with van der Waals surface area (Å²) >= 11 is 0. The first-order valence-corrected chi connectivity index (χ1v) is 18.9. The van der Waals surface area contributed by atoms with E-state index in [1.165, 1.54) is 83.5 Å². The molecule has 0 aromatic carbocycles. The molecule has 0 aromatic rings. The minimum absolute atomic E-state index is 1.00. The predicted octanol–water partition coefficient (Wildman–Crippen LogP) is 12.6. The monoisotopic (exact) mass is 541 g/mol. The Bertz CT molecular complexity index is 678. The van der Waals surface area contributed by atoms with E-state index in [2.05, 4.69) is 48.5 Å². The first kappa shape index (κ1) is 31.9. The largest absolute Gasteiger partial charge is 0.0654 e. The second-order valence-corrected chi connectivity index (χ2v) is 16.3. The normalized spacial score (nSPS) is 46.4. The van der Waals surface area contributed by atoms with Crippen molar-refractivity contribution in [3.63, 3.8) is 0 Å². The van der Waals surface area contributed by atoms with E-state index in [0.717, 1.165) is 76.9 Å². The predicted molar refractivity (Wildman–Crippen MR) is 173 cm³/mol. The van der Waals surface area contributed by atoms with Gasteiger partial charge in [-0.05, 0) is 135 Å². The Morgan fingerprint density at radius 2 is 1.26 bits per heavy atom. The summed E-state index contributed by atoms with van der Waals surface area (Å²) in [5.41, 5.74) is 0. The number of hydrogen-bond acceptors (Lipinski definition) is 0. The maximum Gasteiger partial charge on any atom is -0.0321 e. The van der Waals surface area contributed by atoms with Crippen LogP contribution in [0.1, 0.15) is 170 Å². The summed E-state index contributed by atoms with van der Waals surface area (Å²) in [6, 6.07) is 0. The van der Waals surface area contributed by atoms with Crippen LogP contribution in [0.15, 0.2) is 0 Å². The molecule has 0 aliphatic heterocycles. The van der Waals surface area contributed by atoms with Gasteiger partial charge in [-0.1, -0.05) is 113 Å². The molecule has 0 aromatic heterocycles. The minimum Gasteiger partial charge on any atom is -0.0654 e. The van der Waals surface area contributed by atoms with E-state index in [1.54, 1.807) is 38.5 Å². The van der Waals surface area contributed by atoms with Crippen LogP contribution >= 0.6 is 0 Å². The molecule has 0 N–H and O–H groups in total. The van der Waals surface area contributed by atoms with Gasteiger partial charge in [-0.3, -0.25) is 0 Å². The maximum atomic E-state index is 2.63. The molecule has 228 valence electrons. The smallest absolute Gasteiger partial charge is 0.0321 e. The van der Waals surface area contributed by atoms with Gasteiger partial charge < -0.3 is 0 Å². The second kappa shape index (κ2) is 15.5. The van der Waals surface area contributed by atoms with Gasteiger partial charge >= 0.3 is 0 Å². The van der Waals surface area contributed by atoms with Crippen molar-refractivity contribution in [1.29, 1.82) is 0 Å². The lowest BCUT2D eigenvalue weighted by Gasteiger charge is -2.52. The molecule has 0 saturated heterocycles. The zero-order chi connectivity index (χ0) is 27.9. The molecule has 13 unspecified atom stereocenters. The lowest BCUT2D eigenvalue weighted by atomic mass is 9.53. The fraction of sp³-hybridized carbons (Fsp3) is 1.00. The fourth-order valence-electron chi connectivity index (χ4n) is 11.7. The number of unbranched alkanes of at least 4 members (excludes halogenated alkanes) is 1. The van der Waals surface area contributed by atoms with E-state index in [0.29, 0.717) is 0 Å². The van der Waals surface area contributed by atoms with E-state index < -0.39 is 0 Å². The zero-order valence-corrected chi connectivity index (χ0v) is 27.9. The highest BCUT2D eigenvalue weighted by Crippen LogP contribution is 2.58. The van der Waals surface area contributed by atoms with Crippen molar-refractivity contribution in [1.82, 2.24) is 0 Å². The third-order valence-electron chi connectivity index (χ3n) is 13.9. The Morgan fingerprint density at radius 3 is 1.92 bits per heavy atom. The highest BCUT2D eigenvalue weighted by Gasteiger charge is 2.49. The summed E-state index contributed by atoms with van der Waals surface area (Å²) in [5, 5.41) is 0. The van der Waals surface area contributed by atoms with Gasteiger partial charge in [0, 0.05) is 0 Å². The highest BCUT2D eigenvalue weighted by molar-refractivity contribution is 4.99. The van der Waals surface area contributed by atoms with E-state index in [9.17, 15) is 0 Å².